The van der Waals surface area contributed by atoms with Crippen LogP contribution in [-0.4, -0.2) is 50.3 Å². The molecule has 4 aromatic rings. The van der Waals surface area contributed by atoms with Crippen LogP contribution in [0.2, 0.25) is 10.2 Å². The normalized spacial score (nSPS) is 15.1. The first-order valence-corrected chi connectivity index (χ1v) is 11.0. The molecular formula is C23H20Cl2N6O. The van der Waals surface area contributed by atoms with Gasteiger partial charge in [-0.15, -0.1) is 0 Å². The summed E-state index contributed by atoms with van der Waals surface area (Å²) in [4.78, 5) is 29.5. The van der Waals surface area contributed by atoms with E-state index in [9.17, 15) is 4.79 Å². The molecular weight excluding hydrogens is 447 g/mol. The van der Waals surface area contributed by atoms with E-state index in [0.29, 0.717) is 42.2 Å². The van der Waals surface area contributed by atoms with Crippen LogP contribution in [0.15, 0.2) is 48.8 Å². The topological polar surface area (TPSA) is 88.2 Å². The number of nitrogens with zero attached hydrogens (tertiary/aromatic N) is 5. The van der Waals surface area contributed by atoms with Gasteiger partial charge in [-0.05, 0) is 35.9 Å². The second-order valence-corrected chi connectivity index (χ2v) is 8.71. The number of rotatable bonds is 4. The quantitative estimate of drug-likeness (QED) is 0.458. The first kappa shape index (κ1) is 20.9. The van der Waals surface area contributed by atoms with Gasteiger partial charge in [-0.25, -0.2) is 15.0 Å². The van der Waals surface area contributed by atoms with Crippen LogP contribution >= 0.6 is 23.2 Å². The molecule has 0 saturated carbocycles. The number of anilines is 1. The van der Waals surface area contributed by atoms with Crippen LogP contribution in [0.25, 0.3) is 21.8 Å². The number of halogens is 2. The third kappa shape index (κ3) is 4.19. The number of nitrogen functional groups attached to an aromatic ring is 1. The molecule has 1 aliphatic rings. The third-order valence-electron chi connectivity index (χ3n) is 5.70. The zero-order valence-electron chi connectivity index (χ0n) is 17.1. The standard InChI is InChI=1S/C23H20Cl2N6O/c24-17-3-2-15-8-16(22(25)29-19(15)9-17)11-30-5-6-31(21(32)12-30)10-14-1-4-18-20(7-14)27-13-28-23(18)26/h1-4,7-9,13H,5-6,10-12H2,(H2,26,27,28). The highest BCUT2D eigenvalue weighted by molar-refractivity contribution is 6.32. The van der Waals surface area contributed by atoms with Gasteiger partial charge in [0, 0.05) is 47.5 Å². The fourth-order valence-electron chi connectivity index (χ4n) is 4.01. The molecule has 1 saturated heterocycles. The number of carbonyl (C=O) groups is 1. The summed E-state index contributed by atoms with van der Waals surface area (Å²) in [5.41, 5.74) is 9.35. The Morgan fingerprint density at radius 3 is 2.69 bits per heavy atom. The molecule has 7 nitrogen and oxygen atoms in total. The molecule has 0 atom stereocenters. The SMILES string of the molecule is Nc1ncnc2cc(CN3CCN(Cc4cc5ccc(Cl)cc5nc4Cl)CC3=O)ccc12. The van der Waals surface area contributed by atoms with E-state index in [1.165, 1.54) is 6.33 Å². The van der Waals surface area contributed by atoms with Gasteiger partial charge in [0.25, 0.3) is 0 Å². The molecule has 0 spiro atoms. The number of fused-ring (bicyclic) bond motifs is 2. The maximum absolute atomic E-state index is 12.8. The minimum absolute atomic E-state index is 0.0789. The van der Waals surface area contributed by atoms with Crippen molar-refractivity contribution < 1.29 is 4.79 Å². The molecule has 0 radical (unpaired) electrons. The van der Waals surface area contributed by atoms with E-state index in [0.717, 1.165) is 39.5 Å². The fourth-order valence-corrected chi connectivity index (χ4v) is 4.39. The lowest BCUT2D eigenvalue weighted by atomic mass is 10.1. The highest BCUT2D eigenvalue weighted by atomic mass is 35.5. The second kappa shape index (κ2) is 8.50. The van der Waals surface area contributed by atoms with Gasteiger partial charge in [0.2, 0.25) is 5.91 Å². The Kier molecular flexibility index (Phi) is 5.55. The van der Waals surface area contributed by atoms with Gasteiger partial charge >= 0.3 is 0 Å². The summed E-state index contributed by atoms with van der Waals surface area (Å²) in [7, 11) is 0. The number of aromatic nitrogens is 3. The van der Waals surface area contributed by atoms with Crippen LogP contribution in [0, 0.1) is 0 Å². The average Bonchev–Trinajstić information content (AvgIpc) is 2.76. The van der Waals surface area contributed by atoms with Crippen LogP contribution in [0.1, 0.15) is 11.1 Å². The van der Waals surface area contributed by atoms with E-state index in [-0.39, 0.29) is 5.91 Å². The van der Waals surface area contributed by atoms with Crippen LogP contribution in [-0.2, 0) is 17.9 Å². The summed E-state index contributed by atoms with van der Waals surface area (Å²) in [5.74, 6) is 0.534. The summed E-state index contributed by atoms with van der Waals surface area (Å²) in [6.07, 6.45) is 1.45. The first-order chi connectivity index (χ1) is 15.5. The number of amides is 1. The molecule has 1 amide bonds. The fraction of sp³-hybridized carbons (Fsp3) is 0.217. The van der Waals surface area contributed by atoms with Crippen LogP contribution in [0.3, 0.4) is 0 Å². The number of hydrogen-bond donors (Lipinski definition) is 1. The predicted octanol–water partition coefficient (Wildman–Crippen LogP) is 3.91. The Morgan fingerprint density at radius 2 is 1.84 bits per heavy atom. The van der Waals surface area contributed by atoms with E-state index in [4.69, 9.17) is 28.9 Å². The second-order valence-electron chi connectivity index (χ2n) is 7.91. The van der Waals surface area contributed by atoms with E-state index in [1.54, 1.807) is 6.07 Å². The van der Waals surface area contributed by atoms with Crippen LogP contribution in [0.4, 0.5) is 5.82 Å². The number of hydrogen-bond acceptors (Lipinski definition) is 6. The monoisotopic (exact) mass is 466 g/mol. The minimum Gasteiger partial charge on any atom is -0.383 e. The van der Waals surface area contributed by atoms with Crippen molar-refractivity contribution in [1.29, 1.82) is 0 Å². The van der Waals surface area contributed by atoms with Gasteiger partial charge in [-0.3, -0.25) is 9.69 Å². The van der Waals surface area contributed by atoms with Crippen LogP contribution < -0.4 is 5.73 Å². The minimum atomic E-state index is 0.0789. The highest BCUT2D eigenvalue weighted by Crippen LogP contribution is 2.25. The molecule has 162 valence electrons. The van der Waals surface area contributed by atoms with Crippen molar-refractivity contribution in [2.75, 3.05) is 25.4 Å². The number of pyridine rings is 1. The van der Waals surface area contributed by atoms with Gasteiger partial charge in [-0.2, -0.15) is 0 Å². The summed E-state index contributed by atoms with van der Waals surface area (Å²) >= 11 is 12.5. The van der Waals surface area contributed by atoms with E-state index < -0.39 is 0 Å². The largest absolute Gasteiger partial charge is 0.383 e. The molecule has 0 unspecified atom stereocenters. The molecule has 32 heavy (non-hydrogen) atoms. The molecule has 3 heterocycles. The first-order valence-electron chi connectivity index (χ1n) is 10.2. The summed E-state index contributed by atoms with van der Waals surface area (Å²) in [6, 6.07) is 13.4. The molecule has 1 aliphatic heterocycles. The third-order valence-corrected chi connectivity index (χ3v) is 6.26. The van der Waals surface area contributed by atoms with Crippen LogP contribution in [0.5, 0.6) is 0 Å². The molecule has 1 fully saturated rings. The molecule has 2 N–H and O–H groups in total. The van der Waals surface area contributed by atoms with Crippen molar-refractivity contribution in [3.8, 4) is 0 Å². The van der Waals surface area contributed by atoms with E-state index in [2.05, 4.69) is 19.9 Å². The molecule has 0 aliphatic carbocycles. The van der Waals surface area contributed by atoms with E-state index in [1.807, 2.05) is 41.3 Å². The Hall–Kier alpha value is -3.00. The zero-order chi connectivity index (χ0) is 22.2. The molecule has 5 rings (SSSR count). The van der Waals surface area contributed by atoms with Crippen molar-refractivity contribution >= 4 is 56.7 Å². The summed E-state index contributed by atoms with van der Waals surface area (Å²) < 4.78 is 0. The summed E-state index contributed by atoms with van der Waals surface area (Å²) in [6.45, 7) is 2.82. The Bertz CT molecular complexity index is 1350. The molecule has 2 aromatic heterocycles. The Balaban J connectivity index is 1.27. The zero-order valence-corrected chi connectivity index (χ0v) is 18.6. The maximum Gasteiger partial charge on any atom is 0.237 e. The van der Waals surface area contributed by atoms with Gasteiger partial charge in [0.05, 0.1) is 17.6 Å². The van der Waals surface area contributed by atoms with Crippen molar-refractivity contribution in [1.82, 2.24) is 24.8 Å². The Morgan fingerprint density at radius 1 is 0.969 bits per heavy atom. The molecule has 9 heteroatoms. The molecule has 2 aromatic carbocycles. The highest BCUT2D eigenvalue weighted by Gasteiger charge is 2.25. The number of benzene rings is 2. The number of carbonyl (C=O) groups excluding carboxylic acids is 1. The summed E-state index contributed by atoms with van der Waals surface area (Å²) in [5, 5.41) is 2.85. The molecule has 0 bridgehead atoms. The van der Waals surface area contributed by atoms with Crippen molar-refractivity contribution in [2.24, 2.45) is 0 Å². The lowest BCUT2D eigenvalue weighted by molar-refractivity contribution is -0.136. The Labute approximate surface area is 194 Å². The number of piperazine rings is 1. The van der Waals surface area contributed by atoms with Gasteiger partial charge < -0.3 is 10.6 Å². The van der Waals surface area contributed by atoms with Gasteiger partial charge in [0.15, 0.2) is 0 Å². The van der Waals surface area contributed by atoms with Crippen molar-refractivity contribution in [3.63, 3.8) is 0 Å². The number of nitrogens with two attached hydrogens (primary N) is 1. The maximum atomic E-state index is 12.8. The lowest BCUT2D eigenvalue weighted by Gasteiger charge is -2.34. The lowest BCUT2D eigenvalue weighted by Crippen LogP contribution is -2.49. The van der Waals surface area contributed by atoms with Crippen molar-refractivity contribution in [3.05, 3.63) is 70.1 Å². The average molecular weight is 467 g/mol. The van der Waals surface area contributed by atoms with Gasteiger partial charge in [0.1, 0.15) is 17.3 Å². The smallest absolute Gasteiger partial charge is 0.237 e. The predicted molar refractivity (Wildman–Crippen MR) is 126 cm³/mol. The van der Waals surface area contributed by atoms with E-state index >= 15 is 0 Å². The van der Waals surface area contributed by atoms with Crippen molar-refractivity contribution in [2.45, 2.75) is 13.1 Å². The van der Waals surface area contributed by atoms with Gasteiger partial charge in [-0.1, -0.05) is 35.3 Å².